The van der Waals surface area contributed by atoms with Gasteiger partial charge in [-0.05, 0) is 18.4 Å². The molecule has 0 amide bonds. The molecule has 0 rings (SSSR count). The van der Waals surface area contributed by atoms with Gasteiger partial charge in [0.25, 0.3) is 0 Å². The molecule has 0 aromatic rings. The molecular formula is C5H11GeNO2S. The Morgan fingerprint density at radius 3 is 2.60 bits per heavy atom. The van der Waals surface area contributed by atoms with Crippen molar-refractivity contribution >= 4 is 35.3 Å². The molecule has 10 heavy (non-hydrogen) atoms. The number of rotatable bonds is 4. The summed E-state index contributed by atoms with van der Waals surface area (Å²) in [7, 11) is 0. The first kappa shape index (κ1) is 13.0. The van der Waals surface area contributed by atoms with E-state index in [0.717, 1.165) is 5.75 Å². The predicted octanol–water partition coefficient (Wildman–Crippen LogP) is -0.229. The van der Waals surface area contributed by atoms with Gasteiger partial charge in [-0.15, -0.1) is 0 Å². The molecule has 0 spiro atoms. The summed E-state index contributed by atoms with van der Waals surface area (Å²) < 4.78 is 0. The van der Waals surface area contributed by atoms with Crippen LogP contribution in [0.3, 0.4) is 0 Å². The van der Waals surface area contributed by atoms with Gasteiger partial charge >= 0.3 is 5.97 Å². The van der Waals surface area contributed by atoms with E-state index in [9.17, 15) is 4.79 Å². The van der Waals surface area contributed by atoms with Crippen LogP contribution >= 0.6 is 11.8 Å². The van der Waals surface area contributed by atoms with Crippen LogP contribution in [-0.4, -0.2) is 46.7 Å². The van der Waals surface area contributed by atoms with Crippen LogP contribution in [0.5, 0.6) is 0 Å². The summed E-state index contributed by atoms with van der Waals surface area (Å²) in [5, 5.41) is 8.27. The fourth-order valence-corrected chi connectivity index (χ4v) is 0.858. The van der Waals surface area contributed by atoms with Crippen molar-refractivity contribution in [3.8, 4) is 0 Å². The molecule has 0 aliphatic heterocycles. The van der Waals surface area contributed by atoms with Crippen LogP contribution in [0, 0.1) is 0 Å². The first-order valence-electron chi connectivity index (χ1n) is 2.65. The molecule has 4 radical (unpaired) electrons. The molecule has 3 nitrogen and oxygen atoms in total. The fourth-order valence-electron chi connectivity index (χ4n) is 0.368. The second-order valence-electron chi connectivity index (χ2n) is 1.73. The van der Waals surface area contributed by atoms with Crippen molar-refractivity contribution in [2.24, 2.45) is 5.73 Å². The fraction of sp³-hybridized carbons (Fsp3) is 0.800. The largest absolute Gasteiger partial charge is 0.480 e. The number of aliphatic carboxylic acids is 1. The number of carboxylic acids is 1. The maximum Gasteiger partial charge on any atom is 0.320 e. The van der Waals surface area contributed by atoms with Gasteiger partial charge in [0.15, 0.2) is 0 Å². The third kappa shape index (κ3) is 6.44. The first-order chi connectivity index (χ1) is 4.18. The zero-order valence-electron chi connectivity index (χ0n) is 5.83. The van der Waals surface area contributed by atoms with Gasteiger partial charge in [0.2, 0.25) is 0 Å². The van der Waals surface area contributed by atoms with Crippen LogP contribution in [0.4, 0.5) is 0 Å². The minimum absolute atomic E-state index is 0. The third-order valence-corrected chi connectivity index (χ3v) is 1.59. The van der Waals surface area contributed by atoms with Crippen molar-refractivity contribution in [3.63, 3.8) is 0 Å². The molecule has 0 aliphatic rings. The summed E-state index contributed by atoms with van der Waals surface area (Å²) in [6.07, 6.45) is 2.48. The maximum absolute atomic E-state index is 10.1. The van der Waals surface area contributed by atoms with E-state index in [0.29, 0.717) is 6.42 Å². The van der Waals surface area contributed by atoms with Crippen molar-refractivity contribution in [3.05, 3.63) is 0 Å². The van der Waals surface area contributed by atoms with Gasteiger partial charge in [-0.2, -0.15) is 11.8 Å². The molecule has 0 heterocycles. The minimum atomic E-state index is -0.913. The zero-order valence-corrected chi connectivity index (χ0v) is 8.75. The quantitative estimate of drug-likeness (QED) is 0.644. The van der Waals surface area contributed by atoms with Crippen LogP contribution in [0.1, 0.15) is 6.42 Å². The SMILES string of the molecule is CSCC[C@H](N)C(=O)O.[Ge]. The number of thioether (sulfide) groups is 1. The van der Waals surface area contributed by atoms with Crippen molar-refractivity contribution in [1.29, 1.82) is 0 Å². The van der Waals surface area contributed by atoms with Gasteiger partial charge in [-0.25, -0.2) is 0 Å². The van der Waals surface area contributed by atoms with Gasteiger partial charge in [0, 0.05) is 17.6 Å². The van der Waals surface area contributed by atoms with E-state index in [2.05, 4.69) is 0 Å². The Bertz CT molecular complexity index is 102. The first-order valence-corrected chi connectivity index (χ1v) is 4.05. The Morgan fingerprint density at radius 2 is 2.30 bits per heavy atom. The standard InChI is InChI=1S/C5H11NO2S.Ge/c1-9-3-2-4(6)5(7)8;/h4H,2-3,6H2,1H3,(H,7,8);/t4-;/m0./s1. The van der Waals surface area contributed by atoms with Crippen LogP contribution in [0.2, 0.25) is 0 Å². The average Bonchev–Trinajstić information content (AvgIpc) is 1.82. The smallest absolute Gasteiger partial charge is 0.320 e. The Kier molecular flexibility index (Phi) is 9.62. The van der Waals surface area contributed by atoms with Gasteiger partial charge in [-0.1, -0.05) is 0 Å². The Balaban J connectivity index is 0. The number of nitrogens with two attached hydrogens (primary N) is 1. The van der Waals surface area contributed by atoms with Gasteiger partial charge in [-0.3, -0.25) is 4.79 Å². The minimum Gasteiger partial charge on any atom is -0.480 e. The second kappa shape index (κ2) is 7.43. The van der Waals surface area contributed by atoms with Crippen LogP contribution in [0.15, 0.2) is 0 Å². The maximum atomic E-state index is 10.1. The zero-order chi connectivity index (χ0) is 7.28. The van der Waals surface area contributed by atoms with E-state index in [1.807, 2.05) is 6.26 Å². The van der Waals surface area contributed by atoms with Crippen molar-refractivity contribution in [2.45, 2.75) is 12.5 Å². The average molecular weight is 222 g/mol. The predicted molar refractivity (Wildman–Crippen MR) is 44.4 cm³/mol. The summed E-state index contributed by atoms with van der Waals surface area (Å²) >= 11 is 1.60. The normalized spacial score (nSPS) is 11.8. The Morgan fingerprint density at radius 1 is 1.80 bits per heavy atom. The van der Waals surface area contributed by atoms with Crippen molar-refractivity contribution in [1.82, 2.24) is 0 Å². The molecule has 0 saturated heterocycles. The topological polar surface area (TPSA) is 63.3 Å². The molecule has 0 saturated carbocycles. The van der Waals surface area contributed by atoms with Crippen LogP contribution in [0.25, 0.3) is 0 Å². The summed E-state index contributed by atoms with van der Waals surface area (Å²) in [5.74, 6) is -0.1000. The summed E-state index contributed by atoms with van der Waals surface area (Å²) in [6.45, 7) is 0. The van der Waals surface area contributed by atoms with E-state index in [1.54, 1.807) is 11.8 Å². The molecule has 0 bridgehead atoms. The molecule has 5 heteroatoms. The molecule has 0 fully saturated rings. The van der Waals surface area contributed by atoms with Crippen molar-refractivity contribution < 1.29 is 9.90 Å². The van der Waals surface area contributed by atoms with E-state index in [1.165, 1.54) is 0 Å². The van der Waals surface area contributed by atoms with E-state index >= 15 is 0 Å². The van der Waals surface area contributed by atoms with Crippen LogP contribution in [-0.2, 0) is 4.79 Å². The Labute approximate surface area is 75.7 Å². The number of hydrogen-bond donors (Lipinski definition) is 2. The number of carboxylic acid groups (broad SMARTS) is 1. The number of carbonyl (C=O) groups is 1. The summed E-state index contributed by atoms with van der Waals surface area (Å²) in [4.78, 5) is 10.1. The van der Waals surface area contributed by atoms with Crippen LogP contribution < -0.4 is 5.73 Å². The molecule has 0 aliphatic carbocycles. The molecular weight excluding hydrogens is 211 g/mol. The second-order valence-corrected chi connectivity index (χ2v) is 2.71. The van der Waals surface area contributed by atoms with Gasteiger partial charge < -0.3 is 10.8 Å². The Hall–Kier alpha value is 0.323. The molecule has 0 aromatic heterocycles. The number of hydrogen-bond acceptors (Lipinski definition) is 3. The molecule has 58 valence electrons. The van der Waals surface area contributed by atoms with E-state index in [-0.39, 0.29) is 17.6 Å². The molecule has 1 atom stereocenters. The van der Waals surface area contributed by atoms with Gasteiger partial charge in [0.1, 0.15) is 6.04 Å². The van der Waals surface area contributed by atoms with Crippen molar-refractivity contribution in [2.75, 3.05) is 12.0 Å². The van der Waals surface area contributed by atoms with E-state index in [4.69, 9.17) is 10.8 Å². The van der Waals surface area contributed by atoms with Gasteiger partial charge in [0.05, 0.1) is 0 Å². The summed E-state index contributed by atoms with van der Waals surface area (Å²) in [6, 6.07) is -0.683. The summed E-state index contributed by atoms with van der Waals surface area (Å²) in [5.41, 5.74) is 5.19. The monoisotopic (exact) mass is 223 g/mol. The molecule has 3 N–H and O–H groups in total. The molecule has 0 unspecified atom stereocenters. The third-order valence-electron chi connectivity index (χ3n) is 0.950. The molecule has 0 aromatic carbocycles. The van der Waals surface area contributed by atoms with E-state index < -0.39 is 12.0 Å².